The Morgan fingerprint density at radius 2 is 1.97 bits per heavy atom. The third-order valence-electron chi connectivity index (χ3n) is 6.11. The van der Waals surface area contributed by atoms with Crippen molar-refractivity contribution in [1.29, 1.82) is 0 Å². The van der Waals surface area contributed by atoms with E-state index in [1.165, 1.54) is 11.0 Å². The second-order valence-electron chi connectivity index (χ2n) is 8.82. The van der Waals surface area contributed by atoms with Crippen LogP contribution in [0.4, 0.5) is 10.1 Å². The number of hydrogen-bond donors (Lipinski definition) is 2. The molecule has 12 heteroatoms. The molecule has 3 aromatic rings. The molecule has 3 heterocycles. The van der Waals surface area contributed by atoms with Crippen molar-refractivity contribution in [3.63, 3.8) is 0 Å². The van der Waals surface area contributed by atoms with Gasteiger partial charge in [0, 0.05) is 18.1 Å². The summed E-state index contributed by atoms with van der Waals surface area (Å²) in [6.45, 7) is 3.23. The first-order chi connectivity index (χ1) is 16.1. The van der Waals surface area contributed by atoms with Gasteiger partial charge in [-0.2, -0.15) is 0 Å². The molecule has 0 saturated carbocycles. The first-order valence-electron chi connectivity index (χ1n) is 10.5. The first kappa shape index (κ1) is 22.9. The van der Waals surface area contributed by atoms with Crippen LogP contribution < -0.4 is 16.0 Å². The highest BCUT2D eigenvalue weighted by Gasteiger charge is 2.40. The van der Waals surface area contributed by atoms with Crippen molar-refractivity contribution in [3.8, 4) is 11.5 Å². The maximum absolute atomic E-state index is 15.2. The summed E-state index contributed by atoms with van der Waals surface area (Å²) in [5.41, 5.74) is 6.15. The van der Waals surface area contributed by atoms with Gasteiger partial charge < -0.3 is 20.4 Å². The van der Waals surface area contributed by atoms with E-state index in [0.717, 1.165) is 6.07 Å². The van der Waals surface area contributed by atoms with Crippen molar-refractivity contribution in [1.82, 2.24) is 15.5 Å². The molecule has 2 aromatic carbocycles. The van der Waals surface area contributed by atoms with Crippen LogP contribution in [0.25, 0.3) is 11.5 Å². The lowest BCUT2D eigenvalue weighted by Gasteiger charge is -2.35. The molecule has 9 nitrogen and oxygen atoms in total. The summed E-state index contributed by atoms with van der Waals surface area (Å²) in [6, 6.07) is 7.57. The van der Waals surface area contributed by atoms with Crippen LogP contribution in [0.15, 0.2) is 45.7 Å². The number of hydrogen-bond acceptors (Lipinski definition) is 8. The zero-order chi connectivity index (χ0) is 24.3. The smallest absolute Gasteiger partial charge is 0.250 e. The highest BCUT2D eigenvalue weighted by atomic mass is 35.5. The van der Waals surface area contributed by atoms with Gasteiger partial charge in [-0.1, -0.05) is 23.7 Å². The van der Waals surface area contributed by atoms with Gasteiger partial charge in [-0.15, -0.1) is 10.2 Å². The SMILES string of the molecule is CC1(c2nnc(-c3cc4c(cc3F)S(=O)(=O)C[C@H](N)C(=O)N4Cc3ccc(Cl)cc3)o2)CNC1. The number of carbonyl (C=O) groups excluding carboxylic acids is 1. The molecule has 0 aliphatic carbocycles. The van der Waals surface area contributed by atoms with Crippen LogP contribution in [0.2, 0.25) is 5.02 Å². The van der Waals surface area contributed by atoms with Gasteiger partial charge in [-0.25, -0.2) is 12.8 Å². The van der Waals surface area contributed by atoms with E-state index in [-0.39, 0.29) is 34.0 Å². The van der Waals surface area contributed by atoms with E-state index in [1.54, 1.807) is 24.3 Å². The predicted octanol–water partition coefficient (Wildman–Crippen LogP) is 2.04. The largest absolute Gasteiger partial charge is 0.420 e. The predicted molar refractivity (Wildman–Crippen MR) is 123 cm³/mol. The van der Waals surface area contributed by atoms with Crippen LogP contribution >= 0.6 is 11.6 Å². The zero-order valence-corrected chi connectivity index (χ0v) is 19.7. The molecule has 0 radical (unpaired) electrons. The van der Waals surface area contributed by atoms with Crippen LogP contribution in [0, 0.1) is 5.82 Å². The molecule has 1 saturated heterocycles. The lowest BCUT2D eigenvalue weighted by molar-refractivity contribution is -0.119. The summed E-state index contributed by atoms with van der Waals surface area (Å²) < 4.78 is 46.9. The van der Waals surface area contributed by atoms with E-state index in [2.05, 4.69) is 15.5 Å². The van der Waals surface area contributed by atoms with Crippen molar-refractivity contribution < 1.29 is 22.0 Å². The van der Waals surface area contributed by atoms with E-state index in [4.69, 9.17) is 21.8 Å². The molecule has 1 fully saturated rings. The number of fused-ring (bicyclic) bond motifs is 1. The maximum atomic E-state index is 15.2. The highest BCUT2D eigenvalue weighted by Crippen LogP contribution is 2.38. The maximum Gasteiger partial charge on any atom is 0.250 e. The molecule has 2 aliphatic heterocycles. The number of nitrogens with one attached hydrogen (secondary N) is 1. The molecule has 1 amide bonds. The van der Waals surface area contributed by atoms with Crippen molar-refractivity contribution >= 4 is 33.0 Å². The standard InChI is InChI=1S/C22H21ClFN5O4S/c1-22(10-26-11-22)21-28-27-19(33-21)14-6-17-18(7-15(14)24)34(31,32)9-16(25)20(30)29(17)8-12-2-4-13(23)5-3-12/h2-7,16,26H,8-11,25H2,1H3/t16-/m0/s1. The molecule has 0 bridgehead atoms. The number of rotatable bonds is 4. The second-order valence-corrected chi connectivity index (χ2v) is 11.3. The number of benzene rings is 2. The van der Waals surface area contributed by atoms with E-state index in [1.807, 2.05) is 6.92 Å². The Kier molecular flexibility index (Phi) is 5.47. The molecule has 1 aromatic heterocycles. The average molecular weight is 506 g/mol. The molecule has 3 N–H and O–H groups in total. The Hall–Kier alpha value is -2.86. The molecular weight excluding hydrogens is 485 g/mol. The summed E-state index contributed by atoms with van der Waals surface area (Å²) in [6.07, 6.45) is 0. The number of amides is 1. The molecule has 178 valence electrons. The van der Waals surface area contributed by atoms with Crippen LogP contribution in [-0.2, 0) is 26.6 Å². The van der Waals surface area contributed by atoms with Crippen molar-refractivity contribution in [2.45, 2.75) is 29.8 Å². The second kappa shape index (κ2) is 8.12. The van der Waals surface area contributed by atoms with Gasteiger partial charge in [0.05, 0.1) is 39.9 Å². The van der Waals surface area contributed by atoms with Gasteiger partial charge in [0.1, 0.15) is 5.82 Å². The van der Waals surface area contributed by atoms with Gasteiger partial charge in [0.25, 0.3) is 5.89 Å². The Labute approximate surface area is 200 Å². The average Bonchev–Trinajstić information content (AvgIpc) is 3.24. The van der Waals surface area contributed by atoms with Crippen LogP contribution in [0.1, 0.15) is 18.4 Å². The topological polar surface area (TPSA) is 131 Å². The van der Waals surface area contributed by atoms with Crippen molar-refractivity contribution in [2.24, 2.45) is 5.73 Å². The Balaban J connectivity index is 1.64. The monoisotopic (exact) mass is 505 g/mol. The molecule has 5 rings (SSSR count). The molecule has 34 heavy (non-hydrogen) atoms. The van der Waals surface area contributed by atoms with Crippen molar-refractivity contribution in [3.05, 3.63) is 58.7 Å². The van der Waals surface area contributed by atoms with Gasteiger partial charge in [-0.05, 0) is 36.8 Å². The van der Waals surface area contributed by atoms with Crippen LogP contribution in [-0.4, -0.2) is 49.4 Å². The zero-order valence-electron chi connectivity index (χ0n) is 18.1. The summed E-state index contributed by atoms with van der Waals surface area (Å²) in [7, 11) is -4.05. The number of carbonyl (C=O) groups is 1. The Morgan fingerprint density at radius 1 is 1.26 bits per heavy atom. The third-order valence-corrected chi connectivity index (χ3v) is 8.16. The highest BCUT2D eigenvalue weighted by molar-refractivity contribution is 7.91. The number of aromatic nitrogens is 2. The third kappa shape index (κ3) is 3.88. The number of anilines is 1. The van der Waals surface area contributed by atoms with Gasteiger partial charge in [0.2, 0.25) is 11.8 Å². The molecular formula is C22H21ClFN5O4S. The lowest BCUT2D eigenvalue weighted by atomic mass is 9.84. The fraction of sp³-hybridized carbons (Fsp3) is 0.318. The van der Waals surface area contributed by atoms with Gasteiger partial charge >= 0.3 is 0 Å². The van der Waals surface area contributed by atoms with Crippen LogP contribution in [0.5, 0.6) is 0 Å². The first-order valence-corrected chi connectivity index (χ1v) is 12.5. The molecule has 0 spiro atoms. The quantitative estimate of drug-likeness (QED) is 0.550. The summed E-state index contributed by atoms with van der Waals surface area (Å²) in [5.74, 6) is -1.85. The Morgan fingerprint density at radius 3 is 2.62 bits per heavy atom. The van der Waals surface area contributed by atoms with Gasteiger partial charge in [-0.3, -0.25) is 4.79 Å². The normalized spacial score (nSPS) is 21.0. The molecule has 2 aliphatic rings. The number of halogens is 2. The van der Waals surface area contributed by atoms with E-state index >= 15 is 4.39 Å². The van der Waals surface area contributed by atoms with Crippen LogP contribution in [0.3, 0.4) is 0 Å². The number of nitrogens with two attached hydrogens (primary N) is 1. The Bertz CT molecular complexity index is 1390. The summed E-state index contributed by atoms with van der Waals surface area (Å²) in [4.78, 5) is 14.1. The van der Waals surface area contributed by atoms with E-state index in [0.29, 0.717) is 29.6 Å². The van der Waals surface area contributed by atoms with Gasteiger partial charge in [0.15, 0.2) is 9.84 Å². The van der Waals surface area contributed by atoms with E-state index < -0.39 is 33.4 Å². The lowest BCUT2D eigenvalue weighted by Crippen LogP contribution is -2.54. The minimum absolute atomic E-state index is 0.000530. The summed E-state index contributed by atoms with van der Waals surface area (Å²) in [5, 5.41) is 11.7. The van der Waals surface area contributed by atoms with Crippen molar-refractivity contribution in [2.75, 3.05) is 23.7 Å². The summed E-state index contributed by atoms with van der Waals surface area (Å²) >= 11 is 5.96. The minimum Gasteiger partial charge on any atom is -0.420 e. The number of sulfone groups is 1. The molecule has 0 unspecified atom stereocenters. The number of nitrogens with zero attached hydrogens (tertiary/aromatic N) is 3. The fourth-order valence-electron chi connectivity index (χ4n) is 4.05. The minimum atomic E-state index is -4.05. The fourth-order valence-corrected chi connectivity index (χ4v) is 5.74. The molecule has 1 atom stereocenters. The van der Waals surface area contributed by atoms with E-state index in [9.17, 15) is 13.2 Å².